The second kappa shape index (κ2) is 6.62. The highest BCUT2D eigenvalue weighted by Crippen LogP contribution is 2.34. The number of nitrogens with zero attached hydrogens (tertiary/aromatic N) is 1. The maximum atomic E-state index is 6.47. The first-order chi connectivity index (χ1) is 9.84. The molecule has 3 rings (SSSR count). The van der Waals surface area contributed by atoms with Crippen molar-refractivity contribution in [2.75, 3.05) is 6.54 Å². The minimum Gasteiger partial charge on any atom is -0.369 e. The first-order valence-electron chi connectivity index (χ1n) is 7.84. The third-order valence-electron chi connectivity index (χ3n) is 4.52. The van der Waals surface area contributed by atoms with E-state index in [1.165, 1.54) is 37.7 Å². The molecule has 20 heavy (non-hydrogen) atoms. The Kier molecular flexibility index (Phi) is 4.62. The summed E-state index contributed by atoms with van der Waals surface area (Å²) in [7, 11) is 0. The zero-order valence-corrected chi connectivity index (χ0v) is 12.6. The number of rotatable bonds is 2. The Labute approximate surface area is 126 Å². The van der Waals surface area contributed by atoms with E-state index in [0.717, 1.165) is 18.8 Å². The first-order valence-corrected chi connectivity index (χ1v) is 8.28. The molecule has 2 nitrogen and oxygen atoms in total. The van der Waals surface area contributed by atoms with Gasteiger partial charge in [-0.2, -0.15) is 0 Å². The monoisotopic (exact) mass is 290 g/mol. The van der Waals surface area contributed by atoms with Gasteiger partial charge >= 0.3 is 0 Å². The Morgan fingerprint density at radius 1 is 1.00 bits per heavy atom. The molecule has 1 aliphatic carbocycles. The van der Waals surface area contributed by atoms with Gasteiger partial charge < -0.3 is 5.32 Å². The van der Waals surface area contributed by atoms with Crippen molar-refractivity contribution in [3.05, 3.63) is 35.9 Å². The molecule has 1 aliphatic heterocycles. The van der Waals surface area contributed by atoms with Gasteiger partial charge in [0.05, 0.1) is 5.38 Å². The van der Waals surface area contributed by atoms with E-state index >= 15 is 0 Å². The zero-order valence-electron chi connectivity index (χ0n) is 11.9. The lowest BCUT2D eigenvalue weighted by Gasteiger charge is -2.24. The average molecular weight is 291 g/mol. The van der Waals surface area contributed by atoms with Gasteiger partial charge in [-0.25, -0.2) is 0 Å². The van der Waals surface area contributed by atoms with Gasteiger partial charge in [0.25, 0.3) is 0 Å². The van der Waals surface area contributed by atoms with Crippen LogP contribution in [0.4, 0.5) is 0 Å². The van der Waals surface area contributed by atoms with E-state index in [1.807, 2.05) is 0 Å². The molecule has 0 saturated heterocycles. The number of amidine groups is 1. The number of hydrogen-bond donors (Lipinski definition) is 1. The molecule has 3 heteroatoms. The second-order valence-electron chi connectivity index (χ2n) is 5.93. The van der Waals surface area contributed by atoms with E-state index in [9.17, 15) is 0 Å². The van der Waals surface area contributed by atoms with Crippen LogP contribution in [-0.4, -0.2) is 23.8 Å². The van der Waals surface area contributed by atoms with E-state index in [-0.39, 0.29) is 5.38 Å². The molecule has 1 heterocycles. The van der Waals surface area contributed by atoms with Crippen LogP contribution in [0.25, 0.3) is 0 Å². The van der Waals surface area contributed by atoms with Crippen LogP contribution in [0, 0.1) is 0 Å². The minimum atomic E-state index is 0.0783. The lowest BCUT2D eigenvalue weighted by atomic mass is 9.94. The van der Waals surface area contributed by atoms with E-state index in [0.29, 0.717) is 12.0 Å². The molecule has 0 aromatic heterocycles. The average Bonchev–Trinajstić information content (AvgIpc) is 2.85. The van der Waals surface area contributed by atoms with Crippen molar-refractivity contribution >= 4 is 17.4 Å². The largest absolute Gasteiger partial charge is 0.369 e. The summed E-state index contributed by atoms with van der Waals surface area (Å²) >= 11 is 6.47. The molecule has 1 aromatic rings. The van der Waals surface area contributed by atoms with Gasteiger partial charge in [0.2, 0.25) is 0 Å². The van der Waals surface area contributed by atoms with E-state index in [1.54, 1.807) is 0 Å². The van der Waals surface area contributed by atoms with Gasteiger partial charge in [0, 0.05) is 18.5 Å². The summed E-state index contributed by atoms with van der Waals surface area (Å²) < 4.78 is 0. The normalized spacial score (nSPS) is 30.6. The highest BCUT2D eigenvalue weighted by Gasteiger charge is 2.30. The molecular formula is C17H23ClN2. The molecule has 0 bridgehead atoms. The standard InChI is InChI=1S/C17H23ClN2/c18-15-10-4-5-12-19-17(15)20-16-11-6-9-14(16)13-7-2-1-3-8-13/h1-3,7-8,14-16H,4-6,9-12H2,(H,19,20)/t14-,15?,16-/m1/s1. The summed E-state index contributed by atoms with van der Waals surface area (Å²) in [5, 5.41) is 3.75. The molecule has 0 radical (unpaired) electrons. The zero-order chi connectivity index (χ0) is 13.8. The van der Waals surface area contributed by atoms with Gasteiger partial charge in [-0.05, 0) is 37.7 Å². The smallest absolute Gasteiger partial charge is 0.115 e. The number of hydrogen-bond acceptors (Lipinski definition) is 2. The van der Waals surface area contributed by atoms with Crippen LogP contribution in [0.1, 0.15) is 50.0 Å². The topological polar surface area (TPSA) is 24.4 Å². The maximum Gasteiger partial charge on any atom is 0.115 e. The number of benzene rings is 1. The van der Waals surface area contributed by atoms with Crippen molar-refractivity contribution in [2.24, 2.45) is 4.99 Å². The lowest BCUT2D eigenvalue weighted by molar-refractivity contribution is 0.553. The Morgan fingerprint density at radius 2 is 1.85 bits per heavy atom. The predicted octanol–water partition coefficient (Wildman–Crippen LogP) is 4.10. The fourth-order valence-electron chi connectivity index (χ4n) is 3.43. The van der Waals surface area contributed by atoms with Crippen LogP contribution >= 0.6 is 11.6 Å². The van der Waals surface area contributed by atoms with Crippen molar-refractivity contribution in [3.63, 3.8) is 0 Å². The predicted molar refractivity (Wildman–Crippen MR) is 85.8 cm³/mol. The number of aliphatic imine (C=N–C) groups is 1. The number of halogens is 1. The van der Waals surface area contributed by atoms with Crippen molar-refractivity contribution < 1.29 is 0 Å². The van der Waals surface area contributed by atoms with Gasteiger partial charge in [-0.15, -0.1) is 11.6 Å². The fourth-order valence-corrected chi connectivity index (χ4v) is 3.71. The highest BCUT2D eigenvalue weighted by atomic mass is 35.5. The summed E-state index contributed by atoms with van der Waals surface area (Å²) in [6, 6.07) is 11.4. The van der Waals surface area contributed by atoms with Gasteiger partial charge in [0.1, 0.15) is 5.84 Å². The lowest BCUT2D eigenvalue weighted by Crippen LogP contribution is -2.40. The summed E-state index contributed by atoms with van der Waals surface area (Å²) in [6.07, 6.45) is 7.19. The quantitative estimate of drug-likeness (QED) is 0.815. The molecule has 1 unspecified atom stereocenters. The minimum absolute atomic E-state index is 0.0783. The molecule has 0 spiro atoms. The van der Waals surface area contributed by atoms with Crippen LogP contribution in [0.5, 0.6) is 0 Å². The van der Waals surface area contributed by atoms with Crippen molar-refractivity contribution in [2.45, 2.75) is 55.9 Å². The SMILES string of the molecule is ClC1CCCCN=C1N[C@@H]1CCC[C@@H]1c1ccccc1. The molecule has 0 amide bonds. The number of nitrogens with one attached hydrogen (secondary N) is 1. The molecular weight excluding hydrogens is 268 g/mol. The third kappa shape index (κ3) is 3.17. The van der Waals surface area contributed by atoms with E-state index in [4.69, 9.17) is 11.6 Å². The summed E-state index contributed by atoms with van der Waals surface area (Å²) in [6.45, 7) is 0.925. The Balaban J connectivity index is 1.71. The Hall–Kier alpha value is -1.02. The molecule has 1 saturated carbocycles. The van der Waals surface area contributed by atoms with Crippen molar-refractivity contribution in [1.29, 1.82) is 0 Å². The van der Waals surface area contributed by atoms with Crippen LogP contribution < -0.4 is 5.32 Å². The van der Waals surface area contributed by atoms with Gasteiger partial charge in [-0.1, -0.05) is 36.8 Å². The summed E-state index contributed by atoms with van der Waals surface area (Å²) in [5.41, 5.74) is 1.45. The molecule has 1 aromatic carbocycles. The van der Waals surface area contributed by atoms with Crippen molar-refractivity contribution in [3.8, 4) is 0 Å². The van der Waals surface area contributed by atoms with Gasteiger partial charge in [0.15, 0.2) is 0 Å². The van der Waals surface area contributed by atoms with Crippen LogP contribution in [0.3, 0.4) is 0 Å². The molecule has 1 fully saturated rings. The van der Waals surface area contributed by atoms with Gasteiger partial charge in [-0.3, -0.25) is 4.99 Å². The molecule has 3 atom stereocenters. The Morgan fingerprint density at radius 3 is 2.70 bits per heavy atom. The first kappa shape index (κ1) is 13.9. The van der Waals surface area contributed by atoms with Crippen LogP contribution in [0.15, 0.2) is 35.3 Å². The summed E-state index contributed by atoms with van der Waals surface area (Å²) in [5.74, 6) is 1.64. The molecule has 2 aliphatic rings. The Bertz CT molecular complexity index is 457. The van der Waals surface area contributed by atoms with Crippen LogP contribution in [-0.2, 0) is 0 Å². The van der Waals surface area contributed by atoms with E-state index in [2.05, 4.69) is 40.6 Å². The van der Waals surface area contributed by atoms with E-state index < -0.39 is 0 Å². The molecule has 1 N–H and O–H groups in total. The molecule has 108 valence electrons. The number of alkyl halides is 1. The fraction of sp³-hybridized carbons (Fsp3) is 0.588. The van der Waals surface area contributed by atoms with Crippen LogP contribution in [0.2, 0.25) is 0 Å². The highest BCUT2D eigenvalue weighted by molar-refractivity contribution is 6.31. The third-order valence-corrected chi connectivity index (χ3v) is 4.95. The summed E-state index contributed by atoms with van der Waals surface area (Å²) in [4.78, 5) is 4.67. The van der Waals surface area contributed by atoms with Crippen molar-refractivity contribution in [1.82, 2.24) is 5.32 Å². The maximum absolute atomic E-state index is 6.47. The second-order valence-corrected chi connectivity index (χ2v) is 6.46.